The molecule has 3 aromatic carbocycles. The summed E-state index contributed by atoms with van der Waals surface area (Å²) < 4.78 is 22.8. The topological polar surface area (TPSA) is 56.3 Å². The van der Waals surface area contributed by atoms with E-state index in [4.69, 9.17) is 23.9 Å². The number of methoxy groups -OCH3 is 3. The third-order valence-corrected chi connectivity index (χ3v) is 7.02. The smallest absolute Gasteiger partial charge is 0.146 e. The van der Waals surface area contributed by atoms with Crippen molar-refractivity contribution in [2.45, 2.75) is 13.2 Å². The number of piperazine rings is 1. The summed E-state index contributed by atoms with van der Waals surface area (Å²) in [6.07, 6.45) is 0. The van der Waals surface area contributed by atoms with Gasteiger partial charge in [-0.1, -0.05) is 36.4 Å². The van der Waals surface area contributed by atoms with Gasteiger partial charge in [0.2, 0.25) is 0 Å². The molecule has 0 spiro atoms. The first kappa shape index (κ1) is 26.4. The minimum absolute atomic E-state index is 0.429. The van der Waals surface area contributed by atoms with Gasteiger partial charge in [-0.25, -0.2) is 4.98 Å². The number of rotatable bonds is 10. The summed E-state index contributed by atoms with van der Waals surface area (Å²) in [5.74, 6) is 3.23. The molecule has 1 aliphatic heterocycles. The molecule has 0 atom stereocenters. The molecule has 1 fully saturated rings. The Bertz CT molecular complexity index is 1370. The fourth-order valence-corrected chi connectivity index (χ4v) is 4.87. The molecule has 1 aliphatic rings. The van der Waals surface area contributed by atoms with Crippen molar-refractivity contribution in [3.63, 3.8) is 0 Å². The van der Waals surface area contributed by atoms with Crippen LogP contribution in [0.15, 0.2) is 84.9 Å². The molecule has 5 rings (SSSR count). The largest absolute Gasteiger partial charge is 0.497 e. The van der Waals surface area contributed by atoms with Crippen LogP contribution in [0.3, 0.4) is 0 Å². The normalized spacial score (nSPS) is 13.7. The van der Waals surface area contributed by atoms with E-state index in [0.29, 0.717) is 6.61 Å². The number of pyridine rings is 1. The average molecular weight is 526 g/mol. The van der Waals surface area contributed by atoms with Crippen LogP contribution in [0.1, 0.15) is 11.3 Å². The molecule has 0 unspecified atom stereocenters. The highest BCUT2D eigenvalue weighted by molar-refractivity contribution is 5.72. The molecule has 0 radical (unpaired) electrons. The standard InChI is InChI=1S/C32H35N3O4/c1-36-26-15-12-24(13-16-26)23-39-31-17-14-25(33-32(31)27-8-4-6-10-29(27)37-2)22-34-18-20-35(21-19-34)28-9-5-7-11-30(28)38-3/h4-17H,18-23H2,1-3H3. The van der Waals surface area contributed by atoms with Gasteiger partial charge < -0.3 is 23.8 Å². The van der Waals surface area contributed by atoms with E-state index >= 15 is 0 Å². The molecule has 2 heterocycles. The molecule has 0 saturated carbocycles. The minimum atomic E-state index is 0.429. The summed E-state index contributed by atoms with van der Waals surface area (Å²) in [5.41, 5.74) is 4.89. The summed E-state index contributed by atoms with van der Waals surface area (Å²) in [4.78, 5) is 9.92. The summed E-state index contributed by atoms with van der Waals surface area (Å²) >= 11 is 0. The summed E-state index contributed by atoms with van der Waals surface area (Å²) in [6, 6.07) is 28.1. The number of ether oxygens (including phenoxy) is 4. The average Bonchev–Trinajstić information content (AvgIpc) is 3.01. The van der Waals surface area contributed by atoms with Crippen LogP contribution in [-0.4, -0.2) is 57.4 Å². The fourth-order valence-electron chi connectivity index (χ4n) is 4.87. The van der Waals surface area contributed by atoms with E-state index in [-0.39, 0.29) is 0 Å². The zero-order chi connectivity index (χ0) is 27.0. The van der Waals surface area contributed by atoms with E-state index in [2.05, 4.69) is 28.0 Å². The van der Waals surface area contributed by atoms with Gasteiger partial charge in [0.05, 0.1) is 32.7 Å². The minimum Gasteiger partial charge on any atom is -0.497 e. The van der Waals surface area contributed by atoms with E-state index in [0.717, 1.165) is 83.9 Å². The Hall–Kier alpha value is -4.23. The molecule has 0 aliphatic carbocycles. The number of nitrogens with zero attached hydrogens (tertiary/aromatic N) is 3. The zero-order valence-corrected chi connectivity index (χ0v) is 22.8. The van der Waals surface area contributed by atoms with Gasteiger partial charge in [0, 0.05) is 38.3 Å². The van der Waals surface area contributed by atoms with Crippen LogP contribution in [0.2, 0.25) is 0 Å². The lowest BCUT2D eigenvalue weighted by Gasteiger charge is -2.36. The van der Waals surface area contributed by atoms with Crippen LogP contribution >= 0.6 is 0 Å². The maximum atomic E-state index is 6.29. The predicted molar refractivity (Wildman–Crippen MR) is 154 cm³/mol. The Kier molecular flexibility index (Phi) is 8.48. The van der Waals surface area contributed by atoms with Crippen molar-refractivity contribution in [1.29, 1.82) is 0 Å². The molecule has 7 heteroatoms. The van der Waals surface area contributed by atoms with Gasteiger partial charge in [-0.3, -0.25) is 4.90 Å². The lowest BCUT2D eigenvalue weighted by molar-refractivity contribution is 0.246. The van der Waals surface area contributed by atoms with E-state index in [1.54, 1.807) is 21.3 Å². The molecule has 0 N–H and O–H groups in total. The van der Waals surface area contributed by atoms with Crippen molar-refractivity contribution in [3.05, 3.63) is 96.2 Å². The van der Waals surface area contributed by atoms with Gasteiger partial charge >= 0.3 is 0 Å². The number of hydrogen-bond acceptors (Lipinski definition) is 7. The predicted octanol–water partition coefficient (Wildman–Crippen LogP) is 5.68. The fraction of sp³-hybridized carbons (Fsp3) is 0.281. The Morgan fingerprint density at radius 2 is 1.36 bits per heavy atom. The summed E-state index contributed by atoms with van der Waals surface area (Å²) in [5, 5.41) is 0. The molecule has 7 nitrogen and oxygen atoms in total. The van der Waals surface area contributed by atoms with Gasteiger partial charge in [-0.2, -0.15) is 0 Å². The summed E-state index contributed by atoms with van der Waals surface area (Å²) in [7, 11) is 5.07. The highest BCUT2D eigenvalue weighted by Gasteiger charge is 2.21. The van der Waals surface area contributed by atoms with Crippen LogP contribution in [0.5, 0.6) is 23.0 Å². The van der Waals surface area contributed by atoms with Crippen LogP contribution in [0.4, 0.5) is 5.69 Å². The van der Waals surface area contributed by atoms with Gasteiger partial charge in [0.1, 0.15) is 35.3 Å². The van der Waals surface area contributed by atoms with Crippen molar-refractivity contribution in [3.8, 4) is 34.3 Å². The van der Waals surface area contributed by atoms with Gasteiger partial charge in [0.25, 0.3) is 0 Å². The number of hydrogen-bond donors (Lipinski definition) is 0. The highest BCUT2D eigenvalue weighted by Crippen LogP contribution is 2.36. The van der Waals surface area contributed by atoms with Gasteiger partial charge in [0.15, 0.2) is 0 Å². The maximum Gasteiger partial charge on any atom is 0.146 e. The Morgan fingerprint density at radius 1 is 0.667 bits per heavy atom. The van der Waals surface area contributed by atoms with E-state index < -0.39 is 0 Å². The first-order valence-corrected chi connectivity index (χ1v) is 13.2. The third-order valence-electron chi connectivity index (χ3n) is 7.02. The molecule has 0 amide bonds. The molecular weight excluding hydrogens is 490 g/mol. The molecule has 202 valence electrons. The van der Waals surface area contributed by atoms with Crippen molar-refractivity contribution >= 4 is 5.69 Å². The molecule has 39 heavy (non-hydrogen) atoms. The van der Waals surface area contributed by atoms with Gasteiger partial charge in [-0.15, -0.1) is 0 Å². The van der Waals surface area contributed by atoms with E-state index in [1.165, 1.54) is 0 Å². The molecule has 4 aromatic rings. The lowest BCUT2D eigenvalue weighted by Crippen LogP contribution is -2.46. The Morgan fingerprint density at radius 3 is 2.08 bits per heavy atom. The van der Waals surface area contributed by atoms with Crippen LogP contribution in [-0.2, 0) is 13.2 Å². The SMILES string of the molecule is COc1ccc(COc2ccc(CN3CCN(c4ccccc4OC)CC3)nc2-c2ccccc2OC)cc1. The van der Waals surface area contributed by atoms with Crippen molar-refractivity contribution in [2.24, 2.45) is 0 Å². The molecule has 0 bridgehead atoms. The van der Waals surface area contributed by atoms with Gasteiger partial charge in [-0.05, 0) is 54.1 Å². The highest BCUT2D eigenvalue weighted by atomic mass is 16.5. The first-order chi connectivity index (χ1) is 19.2. The van der Waals surface area contributed by atoms with Crippen LogP contribution in [0, 0.1) is 0 Å². The number of aromatic nitrogens is 1. The second kappa shape index (κ2) is 12.5. The second-order valence-electron chi connectivity index (χ2n) is 9.42. The summed E-state index contributed by atoms with van der Waals surface area (Å²) in [6.45, 7) is 4.95. The lowest BCUT2D eigenvalue weighted by atomic mass is 10.1. The Balaban J connectivity index is 1.32. The third kappa shape index (κ3) is 6.26. The number of benzene rings is 3. The Labute approximate surface area is 230 Å². The molecule has 1 saturated heterocycles. The van der Waals surface area contributed by atoms with E-state index in [9.17, 15) is 0 Å². The number of para-hydroxylation sites is 3. The molecular formula is C32H35N3O4. The zero-order valence-electron chi connectivity index (χ0n) is 22.8. The van der Waals surface area contributed by atoms with Crippen molar-refractivity contribution in [2.75, 3.05) is 52.4 Å². The van der Waals surface area contributed by atoms with E-state index in [1.807, 2.05) is 66.7 Å². The van der Waals surface area contributed by atoms with Crippen LogP contribution in [0.25, 0.3) is 11.3 Å². The quantitative estimate of drug-likeness (QED) is 0.264. The monoisotopic (exact) mass is 525 g/mol. The maximum absolute atomic E-state index is 6.29. The van der Waals surface area contributed by atoms with Crippen LogP contribution < -0.4 is 23.8 Å². The molecule has 1 aromatic heterocycles. The first-order valence-electron chi connectivity index (χ1n) is 13.2. The van der Waals surface area contributed by atoms with Crippen molar-refractivity contribution < 1.29 is 18.9 Å². The second-order valence-corrected chi connectivity index (χ2v) is 9.42. The number of anilines is 1. The van der Waals surface area contributed by atoms with Crippen molar-refractivity contribution in [1.82, 2.24) is 9.88 Å².